The van der Waals surface area contributed by atoms with Gasteiger partial charge in [0.2, 0.25) is 5.91 Å². The van der Waals surface area contributed by atoms with Crippen LogP contribution in [0.3, 0.4) is 0 Å². The van der Waals surface area contributed by atoms with E-state index in [2.05, 4.69) is 9.97 Å². The molecule has 1 aromatic heterocycles. The van der Waals surface area contributed by atoms with Crippen LogP contribution >= 0.6 is 0 Å². The second-order valence-electron chi connectivity index (χ2n) is 4.35. The predicted molar refractivity (Wildman–Crippen MR) is 62.2 cm³/mol. The van der Waals surface area contributed by atoms with Gasteiger partial charge in [-0.05, 0) is 31.7 Å². The SMILES string of the molecule is Cc1cncnc1C1CCCCN1C(=O)CO. The van der Waals surface area contributed by atoms with Gasteiger partial charge in [-0.25, -0.2) is 9.97 Å². The summed E-state index contributed by atoms with van der Waals surface area (Å²) in [5.41, 5.74) is 1.90. The van der Waals surface area contributed by atoms with Crippen molar-refractivity contribution < 1.29 is 9.90 Å². The van der Waals surface area contributed by atoms with Gasteiger partial charge >= 0.3 is 0 Å². The van der Waals surface area contributed by atoms with Crippen molar-refractivity contribution in [3.8, 4) is 0 Å². The summed E-state index contributed by atoms with van der Waals surface area (Å²) in [5.74, 6) is -0.215. The summed E-state index contributed by atoms with van der Waals surface area (Å²) < 4.78 is 0. The highest BCUT2D eigenvalue weighted by Crippen LogP contribution is 2.30. The molecule has 0 spiro atoms. The fourth-order valence-corrected chi connectivity index (χ4v) is 2.36. The average Bonchev–Trinajstić information content (AvgIpc) is 2.38. The van der Waals surface area contributed by atoms with Gasteiger partial charge in [-0.15, -0.1) is 0 Å². The molecule has 1 aromatic rings. The fraction of sp³-hybridized carbons (Fsp3) is 0.583. The molecule has 0 aromatic carbocycles. The lowest BCUT2D eigenvalue weighted by molar-refractivity contribution is -0.138. The van der Waals surface area contributed by atoms with Gasteiger partial charge in [0.05, 0.1) is 11.7 Å². The first kappa shape index (κ1) is 12.0. The Kier molecular flexibility index (Phi) is 3.68. The highest BCUT2D eigenvalue weighted by Gasteiger charge is 2.29. The zero-order chi connectivity index (χ0) is 12.3. The molecule has 1 aliphatic heterocycles. The summed E-state index contributed by atoms with van der Waals surface area (Å²) in [6.07, 6.45) is 6.26. The number of aliphatic hydroxyl groups is 1. The molecular weight excluding hydrogens is 218 g/mol. The largest absolute Gasteiger partial charge is 0.387 e. The molecular formula is C12H17N3O2. The Balaban J connectivity index is 2.28. The van der Waals surface area contributed by atoms with Gasteiger partial charge in [-0.2, -0.15) is 0 Å². The molecule has 1 atom stereocenters. The van der Waals surface area contributed by atoms with Crippen LogP contribution < -0.4 is 0 Å². The van der Waals surface area contributed by atoms with Gasteiger partial charge in [0, 0.05) is 12.7 Å². The smallest absolute Gasteiger partial charge is 0.248 e. The van der Waals surface area contributed by atoms with Crippen molar-refractivity contribution in [2.45, 2.75) is 32.2 Å². The van der Waals surface area contributed by atoms with Crippen molar-refractivity contribution in [2.75, 3.05) is 13.2 Å². The van der Waals surface area contributed by atoms with Crippen LogP contribution in [0.1, 0.15) is 36.6 Å². The van der Waals surface area contributed by atoms with Crippen molar-refractivity contribution in [2.24, 2.45) is 0 Å². The first-order chi connectivity index (χ1) is 8.24. The van der Waals surface area contributed by atoms with Crippen molar-refractivity contribution in [3.05, 3.63) is 23.8 Å². The van der Waals surface area contributed by atoms with Gasteiger partial charge < -0.3 is 10.0 Å². The fourth-order valence-electron chi connectivity index (χ4n) is 2.36. The van der Waals surface area contributed by atoms with Crippen molar-refractivity contribution in [1.82, 2.24) is 14.9 Å². The number of likely N-dealkylation sites (tertiary alicyclic amines) is 1. The number of aliphatic hydroxyl groups excluding tert-OH is 1. The normalized spacial score (nSPS) is 20.4. The predicted octanol–water partition coefficient (Wildman–Crippen LogP) is 0.831. The van der Waals surface area contributed by atoms with Gasteiger partial charge in [0.1, 0.15) is 12.9 Å². The molecule has 1 fully saturated rings. The molecule has 1 N–H and O–H groups in total. The van der Waals surface area contributed by atoms with Gasteiger partial charge in [0.25, 0.3) is 0 Å². The lowest BCUT2D eigenvalue weighted by Gasteiger charge is -2.35. The molecule has 1 aliphatic rings. The van der Waals surface area contributed by atoms with Crippen LogP contribution in [0, 0.1) is 6.92 Å². The first-order valence-electron chi connectivity index (χ1n) is 5.91. The number of aromatic nitrogens is 2. The van der Waals surface area contributed by atoms with Crippen LogP contribution in [-0.4, -0.2) is 39.0 Å². The van der Waals surface area contributed by atoms with E-state index in [-0.39, 0.29) is 11.9 Å². The third-order valence-corrected chi connectivity index (χ3v) is 3.21. The van der Waals surface area contributed by atoms with Gasteiger partial charge in [-0.1, -0.05) is 0 Å². The molecule has 0 radical (unpaired) electrons. The summed E-state index contributed by atoms with van der Waals surface area (Å²) in [4.78, 5) is 21.7. The molecule has 1 unspecified atom stereocenters. The number of rotatable bonds is 2. The Hall–Kier alpha value is -1.49. The second kappa shape index (κ2) is 5.23. The lowest BCUT2D eigenvalue weighted by atomic mass is 9.97. The highest BCUT2D eigenvalue weighted by molar-refractivity contribution is 5.77. The highest BCUT2D eigenvalue weighted by atomic mass is 16.3. The maximum absolute atomic E-state index is 11.7. The first-order valence-corrected chi connectivity index (χ1v) is 5.91. The number of hydrogen-bond donors (Lipinski definition) is 1. The third-order valence-electron chi connectivity index (χ3n) is 3.21. The lowest BCUT2D eigenvalue weighted by Crippen LogP contribution is -2.40. The second-order valence-corrected chi connectivity index (χ2v) is 4.35. The molecule has 0 aliphatic carbocycles. The molecule has 5 nitrogen and oxygen atoms in total. The minimum atomic E-state index is -0.430. The number of nitrogens with zero attached hydrogens (tertiary/aromatic N) is 3. The van der Waals surface area contributed by atoms with E-state index >= 15 is 0 Å². The Morgan fingerprint density at radius 1 is 1.59 bits per heavy atom. The van der Waals surface area contributed by atoms with E-state index in [0.717, 1.165) is 30.5 Å². The molecule has 2 heterocycles. The molecule has 1 amide bonds. The molecule has 5 heteroatoms. The standard InChI is InChI=1S/C12H17N3O2/c1-9-6-13-8-14-12(9)10-4-2-3-5-15(10)11(17)7-16/h6,8,10,16H,2-5,7H2,1H3. The van der Waals surface area contributed by atoms with Gasteiger partial charge in [0.15, 0.2) is 0 Å². The van der Waals surface area contributed by atoms with Crippen LogP contribution in [0.5, 0.6) is 0 Å². The van der Waals surface area contributed by atoms with Gasteiger partial charge in [-0.3, -0.25) is 4.79 Å². The Morgan fingerprint density at radius 2 is 2.41 bits per heavy atom. The zero-order valence-electron chi connectivity index (χ0n) is 9.96. The minimum Gasteiger partial charge on any atom is -0.387 e. The summed E-state index contributed by atoms with van der Waals surface area (Å²) in [5, 5.41) is 9.00. The summed E-state index contributed by atoms with van der Waals surface area (Å²) in [7, 11) is 0. The van der Waals surface area contributed by atoms with E-state index in [0.29, 0.717) is 6.54 Å². The maximum atomic E-state index is 11.7. The maximum Gasteiger partial charge on any atom is 0.248 e. The summed E-state index contributed by atoms with van der Waals surface area (Å²) in [6.45, 7) is 2.22. The van der Waals surface area contributed by atoms with E-state index in [1.807, 2.05) is 6.92 Å². The molecule has 2 rings (SSSR count). The quantitative estimate of drug-likeness (QED) is 0.824. The number of carbonyl (C=O) groups excluding carboxylic acids is 1. The Morgan fingerprint density at radius 3 is 3.12 bits per heavy atom. The number of aryl methyl sites for hydroxylation is 1. The average molecular weight is 235 g/mol. The molecule has 1 saturated heterocycles. The van der Waals surface area contributed by atoms with Crippen molar-refractivity contribution in [3.63, 3.8) is 0 Å². The molecule has 17 heavy (non-hydrogen) atoms. The van der Waals surface area contributed by atoms with Crippen LogP contribution in [0.25, 0.3) is 0 Å². The topological polar surface area (TPSA) is 66.3 Å². The number of piperidine rings is 1. The van der Waals surface area contributed by atoms with E-state index in [1.165, 1.54) is 6.33 Å². The van der Waals surface area contributed by atoms with Crippen LogP contribution in [-0.2, 0) is 4.79 Å². The van der Waals surface area contributed by atoms with E-state index in [9.17, 15) is 4.79 Å². The zero-order valence-corrected chi connectivity index (χ0v) is 9.96. The number of hydrogen-bond acceptors (Lipinski definition) is 4. The van der Waals surface area contributed by atoms with E-state index in [1.54, 1.807) is 11.1 Å². The number of amides is 1. The minimum absolute atomic E-state index is 0.00796. The van der Waals surface area contributed by atoms with Crippen molar-refractivity contribution in [1.29, 1.82) is 0 Å². The summed E-state index contributed by atoms with van der Waals surface area (Å²) in [6, 6.07) is -0.00796. The van der Waals surface area contributed by atoms with Crippen molar-refractivity contribution >= 4 is 5.91 Å². The van der Waals surface area contributed by atoms with Crippen LogP contribution in [0.2, 0.25) is 0 Å². The van der Waals surface area contributed by atoms with E-state index in [4.69, 9.17) is 5.11 Å². The third kappa shape index (κ3) is 2.44. The Labute approximate surface area is 100 Å². The van der Waals surface area contributed by atoms with Crippen LogP contribution in [0.4, 0.5) is 0 Å². The molecule has 0 saturated carbocycles. The monoisotopic (exact) mass is 235 g/mol. The molecule has 0 bridgehead atoms. The Bertz CT molecular complexity index is 408. The van der Waals surface area contributed by atoms with Crippen LogP contribution in [0.15, 0.2) is 12.5 Å². The van der Waals surface area contributed by atoms with E-state index < -0.39 is 6.61 Å². The molecule has 92 valence electrons. The number of carbonyl (C=O) groups is 1. The summed E-state index contributed by atoms with van der Waals surface area (Å²) >= 11 is 0.